The third-order valence-corrected chi connectivity index (χ3v) is 3.59. The maximum absolute atomic E-state index is 6.16. The van der Waals surface area contributed by atoms with Crippen molar-refractivity contribution < 1.29 is 0 Å². The summed E-state index contributed by atoms with van der Waals surface area (Å²) in [6, 6.07) is 5.85. The van der Waals surface area contributed by atoms with Crippen molar-refractivity contribution in [2.45, 2.75) is 39.2 Å². The zero-order valence-corrected chi connectivity index (χ0v) is 11.6. The fourth-order valence-corrected chi connectivity index (χ4v) is 2.67. The SMILES string of the molecule is CCCCCCn1ccc2c(Cl)cc(Cl)cc21. The van der Waals surface area contributed by atoms with Gasteiger partial charge in [-0.25, -0.2) is 0 Å². The van der Waals surface area contributed by atoms with Crippen LogP contribution in [0.4, 0.5) is 0 Å². The maximum atomic E-state index is 6.16. The van der Waals surface area contributed by atoms with Gasteiger partial charge in [0.2, 0.25) is 0 Å². The van der Waals surface area contributed by atoms with Crippen LogP contribution in [0, 0.1) is 0 Å². The zero-order valence-electron chi connectivity index (χ0n) is 10.0. The van der Waals surface area contributed by atoms with Gasteiger partial charge < -0.3 is 4.57 Å². The highest BCUT2D eigenvalue weighted by Crippen LogP contribution is 2.28. The lowest BCUT2D eigenvalue weighted by Crippen LogP contribution is -1.95. The van der Waals surface area contributed by atoms with Crippen molar-refractivity contribution in [2.75, 3.05) is 0 Å². The highest BCUT2D eigenvalue weighted by molar-refractivity contribution is 6.38. The van der Waals surface area contributed by atoms with Gasteiger partial charge in [-0.05, 0) is 24.6 Å². The molecule has 0 atom stereocenters. The number of benzene rings is 1. The Labute approximate surface area is 112 Å². The Morgan fingerprint density at radius 3 is 2.71 bits per heavy atom. The molecule has 2 aromatic rings. The number of halogens is 2. The predicted octanol–water partition coefficient (Wildman–Crippen LogP) is 5.53. The number of rotatable bonds is 5. The van der Waals surface area contributed by atoms with Crippen molar-refractivity contribution in [3.8, 4) is 0 Å². The standard InChI is InChI=1S/C14H17Cl2N/c1-2-3-4-5-7-17-8-6-12-13(16)9-11(15)10-14(12)17/h6,8-10H,2-5,7H2,1H3. The molecule has 0 aliphatic carbocycles. The highest BCUT2D eigenvalue weighted by Gasteiger charge is 2.06. The topological polar surface area (TPSA) is 4.93 Å². The Kier molecular flexibility index (Phi) is 4.36. The monoisotopic (exact) mass is 269 g/mol. The van der Waals surface area contributed by atoms with Crippen LogP contribution in [0.15, 0.2) is 24.4 Å². The summed E-state index contributed by atoms with van der Waals surface area (Å²) in [5.41, 5.74) is 1.14. The first-order valence-electron chi connectivity index (χ1n) is 6.16. The number of unbranched alkanes of at least 4 members (excludes halogenated alkanes) is 3. The smallest absolute Gasteiger partial charge is 0.0514 e. The molecule has 17 heavy (non-hydrogen) atoms. The summed E-state index contributed by atoms with van der Waals surface area (Å²) >= 11 is 12.2. The minimum atomic E-state index is 0.705. The van der Waals surface area contributed by atoms with Crippen molar-refractivity contribution in [1.29, 1.82) is 0 Å². The number of nitrogens with zero attached hydrogens (tertiary/aromatic N) is 1. The van der Waals surface area contributed by atoms with E-state index in [4.69, 9.17) is 23.2 Å². The van der Waals surface area contributed by atoms with Gasteiger partial charge >= 0.3 is 0 Å². The molecule has 0 unspecified atom stereocenters. The van der Waals surface area contributed by atoms with Crippen LogP contribution >= 0.6 is 23.2 Å². The van der Waals surface area contributed by atoms with E-state index in [1.165, 1.54) is 25.7 Å². The van der Waals surface area contributed by atoms with E-state index < -0.39 is 0 Å². The lowest BCUT2D eigenvalue weighted by molar-refractivity contribution is 0.593. The minimum absolute atomic E-state index is 0.705. The average Bonchev–Trinajstić information content (AvgIpc) is 2.68. The molecule has 0 aliphatic rings. The van der Waals surface area contributed by atoms with Crippen molar-refractivity contribution in [3.05, 3.63) is 34.4 Å². The molecule has 0 saturated heterocycles. The van der Waals surface area contributed by atoms with E-state index in [1.807, 2.05) is 6.07 Å². The second-order valence-corrected chi connectivity index (χ2v) is 5.23. The largest absolute Gasteiger partial charge is 0.347 e. The van der Waals surface area contributed by atoms with E-state index in [0.717, 1.165) is 22.5 Å². The molecule has 1 aromatic heterocycles. The molecule has 1 aromatic carbocycles. The molecule has 0 aliphatic heterocycles. The van der Waals surface area contributed by atoms with Crippen molar-refractivity contribution in [2.24, 2.45) is 0 Å². The molecular weight excluding hydrogens is 253 g/mol. The number of fused-ring (bicyclic) bond motifs is 1. The molecule has 92 valence electrons. The lowest BCUT2D eigenvalue weighted by Gasteiger charge is -2.06. The van der Waals surface area contributed by atoms with E-state index in [1.54, 1.807) is 6.07 Å². The zero-order chi connectivity index (χ0) is 12.3. The predicted molar refractivity (Wildman–Crippen MR) is 76.1 cm³/mol. The molecule has 2 rings (SSSR count). The Hall–Kier alpha value is -0.660. The van der Waals surface area contributed by atoms with Crippen LogP contribution in [0.25, 0.3) is 10.9 Å². The number of aromatic nitrogens is 1. The molecule has 0 saturated carbocycles. The summed E-state index contributed by atoms with van der Waals surface area (Å²) < 4.78 is 2.24. The highest BCUT2D eigenvalue weighted by atomic mass is 35.5. The molecule has 1 nitrogen and oxygen atoms in total. The number of hydrogen-bond acceptors (Lipinski definition) is 0. The molecule has 1 heterocycles. The Bertz CT molecular complexity index is 502. The lowest BCUT2D eigenvalue weighted by atomic mass is 10.2. The summed E-state index contributed by atoms with van der Waals surface area (Å²) in [5, 5.41) is 2.53. The molecule has 0 spiro atoms. The first-order valence-corrected chi connectivity index (χ1v) is 6.92. The molecular formula is C14H17Cl2N. The van der Waals surface area contributed by atoms with Gasteiger partial charge in [0.1, 0.15) is 0 Å². The third-order valence-electron chi connectivity index (χ3n) is 3.06. The normalized spacial score (nSPS) is 11.2. The van der Waals surface area contributed by atoms with Gasteiger partial charge in [0, 0.05) is 23.2 Å². The van der Waals surface area contributed by atoms with E-state index in [-0.39, 0.29) is 0 Å². The maximum Gasteiger partial charge on any atom is 0.0514 e. The van der Waals surface area contributed by atoms with Crippen molar-refractivity contribution in [3.63, 3.8) is 0 Å². The van der Waals surface area contributed by atoms with E-state index in [2.05, 4.69) is 23.8 Å². The second kappa shape index (κ2) is 5.79. The average molecular weight is 270 g/mol. The van der Waals surface area contributed by atoms with Gasteiger partial charge in [-0.2, -0.15) is 0 Å². The summed E-state index contributed by atoms with van der Waals surface area (Å²) in [6.07, 6.45) is 7.16. The van der Waals surface area contributed by atoms with Gasteiger partial charge in [-0.15, -0.1) is 0 Å². The first kappa shape index (κ1) is 12.8. The van der Waals surface area contributed by atoms with Crippen molar-refractivity contribution >= 4 is 34.1 Å². The van der Waals surface area contributed by atoms with Gasteiger partial charge in [-0.3, -0.25) is 0 Å². The third kappa shape index (κ3) is 2.97. The molecule has 0 N–H and O–H groups in total. The quantitative estimate of drug-likeness (QED) is 0.629. The number of aryl methyl sites for hydroxylation is 1. The van der Waals surface area contributed by atoms with Crippen LogP contribution in [0.1, 0.15) is 32.6 Å². The van der Waals surface area contributed by atoms with Crippen molar-refractivity contribution in [1.82, 2.24) is 4.57 Å². The first-order chi connectivity index (χ1) is 8.22. The van der Waals surface area contributed by atoms with Crippen LogP contribution in [0.2, 0.25) is 10.0 Å². The molecule has 0 radical (unpaired) electrons. The number of hydrogen-bond donors (Lipinski definition) is 0. The van der Waals surface area contributed by atoms with Crippen LogP contribution in [0.5, 0.6) is 0 Å². The Morgan fingerprint density at radius 2 is 1.94 bits per heavy atom. The van der Waals surface area contributed by atoms with Crippen LogP contribution in [-0.4, -0.2) is 4.57 Å². The Balaban J connectivity index is 2.18. The van der Waals surface area contributed by atoms with Gasteiger partial charge in [-0.1, -0.05) is 49.4 Å². The fraction of sp³-hybridized carbons (Fsp3) is 0.429. The van der Waals surface area contributed by atoms with E-state index >= 15 is 0 Å². The van der Waals surface area contributed by atoms with Crippen LogP contribution in [-0.2, 0) is 6.54 Å². The summed E-state index contributed by atoms with van der Waals surface area (Å²) in [7, 11) is 0. The van der Waals surface area contributed by atoms with Crippen LogP contribution < -0.4 is 0 Å². The van der Waals surface area contributed by atoms with Gasteiger partial charge in [0.25, 0.3) is 0 Å². The summed E-state index contributed by atoms with van der Waals surface area (Å²) in [5.74, 6) is 0. The fourth-order valence-electron chi connectivity index (χ4n) is 2.12. The Morgan fingerprint density at radius 1 is 1.12 bits per heavy atom. The van der Waals surface area contributed by atoms with E-state index in [0.29, 0.717) is 5.02 Å². The van der Waals surface area contributed by atoms with Gasteiger partial charge in [0.15, 0.2) is 0 Å². The molecule has 0 amide bonds. The summed E-state index contributed by atoms with van der Waals surface area (Å²) in [6.45, 7) is 3.27. The van der Waals surface area contributed by atoms with Crippen LogP contribution in [0.3, 0.4) is 0 Å². The molecule has 3 heteroatoms. The second-order valence-electron chi connectivity index (χ2n) is 4.39. The van der Waals surface area contributed by atoms with Gasteiger partial charge in [0.05, 0.1) is 10.5 Å². The van der Waals surface area contributed by atoms with E-state index in [9.17, 15) is 0 Å². The summed E-state index contributed by atoms with van der Waals surface area (Å²) in [4.78, 5) is 0. The minimum Gasteiger partial charge on any atom is -0.347 e. The molecule has 0 fully saturated rings. The molecule has 0 bridgehead atoms.